The highest BCUT2D eigenvalue weighted by Crippen LogP contribution is 2.16. The second-order valence-corrected chi connectivity index (χ2v) is 4.60. The fourth-order valence-electron chi connectivity index (χ4n) is 1.18. The fraction of sp³-hybridized carbons (Fsp3) is 0.364. The Morgan fingerprint density at radius 3 is 2.87 bits per heavy atom. The summed E-state index contributed by atoms with van der Waals surface area (Å²) in [7, 11) is 0. The number of ketones is 1. The molecule has 0 fully saturated rings. The molecule has 0 saturated carbocycles. The second kappa shape index (κ2) is 6.13. The highest BCUT2D eigenvalue weighted by atomic mass is 35.5. The van der Waals surface area contributed by atoms with Crippen LogP contribution in [0.3, 0.4) is 0 Å². The third-order valence-corrected chi connectivity index (χ3v) is 2.89. The highest BCUT2D eigenvalue weighted by molar-refractivity contribution is 7.98. The minimum absolute atomic E-state index is 0.0929. The Kier molecular flexibility index (Phi) is 5.12. The summed E-state index contributed by atoms with van der Waals surface area (Å²) in [6.07, 6.45) is 2.77. The topological polar surface area (TPSA) is 17.1 Å². The van der Waals surface area contributed by atoms with Crippen molar-refractivity contribution in [1.82, 2.24) is 0 Å². The Morgan fingerprint density at radius 2 is 2.27 bits per heavy atom. The molecule has 1 nitrogen and oxygen atoms in total. The van der Waals surface area contributed by atoms with Crippen LogP contribution >= 0.6 is 23.4 Å². The maximum atomic E-state index is 13.0. The van der Waals surface area contributed by atoms with Gasteiger partial charge in [0.15, 0.2) is 0 Å². The van der Waals surface area contributed by atoms with E-state index in [2.05, 4.69) is 0 Å². The average Bonchev–Trinajstić information content (AvgIpc) is 2.20. The molecule has 0 atom stereocenters. The molecule has 0 aromatic heterocycles. The van der Waals surface area contributed by atoms with Gasteiger partial charge in [-0.25, -0.2) is 4.39 Å². The summed E-state index contributed by atoms with van der Waals surface area (Å²) >= 11 is 7.17. The van der Waals surface area contributed by atoms with Gasteiger partial charge < -0.3 is 0 Å². The molecule has 0 aliphatic rings. The predicted molar refractivity (Wildman–Crippen MR) is 63.1 cm³/mol. The lowest BCUT2D eigenvalue weighted by molar-refractivity contribution is -0.118. The molecule has 0 N–H and O–H groups in total. The van der Waals surface area contributed by atoms with Gasteiger partial charge in [-0.1, -0.05) is 17.7 Å². The largest absolute Gasteiger partial charge is 0.299 e. The van der Waals surface area contributed by atoms with Crippen LogP contribution in [0.5, 0.6) is 0 Å². The molecular formula is C11H12ClFOS. The van der Waals surface area contributed by atoms with Crippen molar-refractivity contribution in [3.63, 3.8) is 0 Å². The molecule has 0 aliphatic carbocycles. The number of carbonyl (C=O) groups excluding carboxylic acids is 1. The molecule has 0 heterocycles. The lowest BCUT2D eigenvalue weighted by Gasteiger charge is -2.01. The Balaban J connectivity index is 2.57. The van der Waals surface area contributed by atoms with E-state index in [1.807, 2.05) is 6.26 Å². The summed E-state index contributed by atoms with van der Waals surface area (Å²) in [5, 5.41) is 0.0929. The molecular weight excluding hydrogens is 235 g/mol. The van der Waals surface area contributed by atoms with Gasteiger partial charge >= 0.3 is 0 Å². The normalized spacial score (nSPS) is 10.3. The Labute approximate surface area is 98.0 Å². The average molecular weight is 247 g/mol. The Hall–Kier alpha value is -0.540. The summed E-state index contributed by atoms with van der Waals surface area (Å²) in [5.41, 5.74) is 0.683. The Bertz CT molecular complexity index is 354. The summed E-state index contributed by atoms with van der Waals surface area (Å²) < 4.78 is 13.0. The zero-order chi connectivity index (χ0) is 11.3. The predicted octanol–water partition coefficient (Wildman–Crippen LogP) is 3.34. The number of benzene rings is 1. The third-order valence-electron chi connectivity index (χ3n) is 1.97. The quantitative estimate of drug-likeness (QED) is 0.793. The van der Waals surface area contributed by atoms with Gasteiger partial charge in [0.1, 0.15) is 11.6 Å². The first-order chi connectivity index (χ1) is 7.13. The van der Waals surface area contributed by atoms with Crippen molar-refractivity contribution < 1.29 is 9.18 Å². The van der Waals surface area contributed by atoms with Gasteiger partial charge in [-0.15, -0.1) is 0 Å². The van der Waals surface area contributed by atoms with E-state index < -0.39 is 5.82 Å². The van der Waals surface area contributed by atoms with Crippen LogP contribution in [0.15, 0.2) is 18.2 Å². The lowest BCUT2D eigenvalue weighted by atomic mass is 10.1. The number of carbonyl (C=O) groups is 1. The number of hydrogen-bond donors (Lipinski definition) is 0. The molecule has 1 aromatic rings. The van der Waals surface area contributed by atoms with Crippen molar-refractivity contribution in [1.29, 1.82) is 0 Å². The minimum Gasteiger partial charge on any atom is -0.299 e. The van der Waals surface area contributed by atoms with Crippen LogP contribution < -0.4 is 0 Å². The Morgan fingerprint density at radius 1 is 1.53 bits per heavy atom. The number of hydrogen-bond acceptors (Lipinski definition) is 2. The van der Waals surface area contributed by atoms with Crippen LogP contribution in [-0.2, 0) is 11.2 Å². The molecule has 82 valence electrons. The smallest absolute Gasteiger partial charge is 0.142 e. The van der Waals surface area contributed by atoms with Crippen LogP contribution in [0.4, 0.5) is 4.39 Å². The number of Topliss-reactive ketones (excluding diaryl/α,β-unsaturated/α-hetero) is 1. The molecule has 0 spiro atoms. The van der Waals surface area contributed by atoms with E-state index in [0.717, 1.165) is 5.75 Å². The molecule has 4 heteroatoms. The summed E-state index contributed by atoms with van der Waals surface area (Å²) in [6.45, 7) is 0. The van der Waals surface area contributed by atoms with Crippen LogP contribution in [0.25, 0.3) is 0 Å². The van der Waals surface area contributed by atoms with Crippen LogP contribution in [0.2, 0.25) is 5.02 Å². The number of halogens is 2. The molecule has 0 bridgehead atoms. The van der Waals surface area contributed by atoms with Crippen LogP contribution in [0.1, 0.15) is 12.0 Å². The van der Waals surface area contributed by atoms with Crippen molar-refractivity contribution in [2.45, 2.75) is 12.8 Å². The monoisotopic (exact) mass is 246 g/mol. The van der Waals surface area contributed by atoms with Gasteiger partial charge in [-0.05, 0) is 29.7 Å². The van der Waals surface area contributed by atoms with Crippen molar-refractivity contribution in [2.75, 3.05) is 12.0 Å². The first kappa shape index (κ1) is 12.5. The summed E-state index contributed by atoms with van der Waals surface area (Å²) in [5.74, 6) is 0.479. The maximum Gasteiger partial charge on any atom is 0.142 e. The zero-order valence-corrected chi connectivity index (χ0v) is 10.00. The lowest BCUT2D eigenvalue weighted by Crippen LogP contribution is -2.04. The minimum atomic E-state index is -0.466. The van der Waals surface area contributed by atoms with E-state index in [1.54, 1.807) is 17.8 Å². The summed E-state index contributed by atoms with van der Waals surface area (Å²) in [6, 6.07) is 4.48. The molecule has 15 heavy (non-hydrogen) atoms. The maximum absolute atomic E-state index is 13.0. The fourth-order valence-corrected chi connectivity index (χ4v) is 1.73. The first-order valence-corrected chi connectivity index (χ1v) is 6.35. The number of rotatable bonds is 5. The second-order valence-electron chi connectivity index (χ2n) is 3.21. The molecule has 1 rings (SSSR count). The van der Waals surface area contributed by atoms with E-state index in [0.29, 0.717) is 12.0 Å². The third kappa shape index (κ3) is 4.22. The number of thioether (sulfide) groups is 1. The zero-order valence-electron chi connectivity index (χ0n) is 8.43. The van der Waals surface area contributed by atoms with Gasteiger partial charge in [0.05, 0.1) is 5.02 Å². The molecule has 0 aliphatic heterocycles. The van der Waals surface area contributed by atoms with Crippen molar-refractivity contribution in [2.24, 2.45) is 0 Å². The first-order valence-electron chi connectivity index (χ1n) is 4.58. The van der Waals surface area contributed by atoms with E-state index in [9.17, 15) is 9.18 Å². The van der Waals surface area contributed by atoms with E-state index in [4.69, 9.17) is 11.6 Å². The van der Waals surface area contributed by atoms with Gasteiger partial charge in [0.2, 0.25) is 0 Å². The van der Waals surface area contributed by atoms with Gasteiger partial charge in [-0.2, -0.15) is 11.8 Å². The van der Waals surface area contributed by atoms with Gasteiger partial charge in [0, 0.05) is 12.8 Å². The van der Waals surface area contributed by atoms with Gasteiger partial charge in [0.25, 0.3) is 0 Å². The van der Waals surface area contributed by atoms with Crippen LogP contribution in [0, 0.1) is 5.82 Å². The molecule has 0 amide bonds. The van der Waals surface area contributed by atoms with Crippen molar-refractivity contribution in [3.05, 3.63) is 34.6 Å². The molecule has 1 aromatic carbocycles. The standard InChI is InChI=1S/C11H12ClFOS/c1-15-5-4-9(14)6-8-2-3-10(12)11(13)7-8/h2-3,7H,4-6H2,1H3. The van der Waals surface area contributed by atoms with Gasteiger partial charge in [-0.3, -0.25) is 4.79 Å². The van der Waals surface area contributed by atoms with Crippen molar-refractivity contribution in [3.8, 4) is 0 Å². The van der Waals surface area contributed by atoms with Crippen LogP contribution in [-0.4, -0.2) is 17.8 Å². The SMILES string of the molecule is CSCCC(=O)Cc1ccc(Cl)c(F)c1. The van der Waals surface area contributed by atoms with E-state index in [-0.39, 0.29) is 17.2 Å². The van der Waals surface area contributed by atoms with Crippen molar-refractivity contribution >= 4 is 29.1 Å². The van der Waals surface area contributed by atoms with E-state index >= 15 is 0 Å². The van der Waals surface area contributed by atoms with E-state index in [1.165, 1.54) is 12.1 Å². The molecule has 0 radical (unpaired) electrons. The highest BCUT2D eigenvalue weighted by Gasteiger charge is 2.06. The summed E-state index contributed by atoms with van der Waals surface area (Å²) in [4.78, 5) is 11.4. The molecule has 0 unspecified atom stereocenters. The molecule has 0 saturated heterocycles.